The summed E-state index contributed by atoms with van der Waals surface area (Å²) in [6.07, 6.45) is 67.6. The van der Waals surface area contributed by atoms with Crippen LogP contribution in [0.15, 0.2) is 72.9 Å². The minimum absolute atomic E-state index is 0.0849. The lowest BCUT2D eigenvalue weighted by Gasteiger charge is -2.18. The largest absolute Gasteiger partial charge is 0.462 e. The Morgan fingerprint density at radius 3 is 0.892 bits per heavy atom. The van der Waals surface area contributed by atoms with Gasteiger partial charge >= 0.3 is 17.9 Å². The highest BCUT2D eigenvalue weighted by atomic mass is 16.6. The van der Waals surface area contributed by atoms with Crippen molar-refractivity contribution in [2.45, 2.75) is 271 Å². The maximum atomic E-state index is 12.8. The molecular weight excluding hydrogens is 805 g/mol. The molecule has 6 nitrogen and oxygen atoms in total. The second-order valence-electron chi connectivity index (χ2n) is 18.1. The van der Waals surface area contributed by atoms with Crippen LogP contribution in [0.4, 0.5) is 0 Å². The van der Waals surface area contributed by atoms with Crippen LogP contribution in [0, 0.1) is 0 Å². The van der Waals surface area contributed by atoms with E-state index in [1.807, 2.05) is 0 Å². The van der Waals surface area contributed by atoms with Gasteiger partial charge in [-0.2, -0.15) is 0 Å². The summed E-state index contributed by atoms with van der Waals surface area (Å²) in [6.45, 7) is 6.54. The first kappa shape index (κ1) is 61.9. The van der Waals surface area contributed by atoms with E-state index < -0.39 is 6.10 Å². The van der Waals surface area contributed by atoms with E-state index in [0.29, 0.717) is 19.3 Å². The molecule has 0 saturated heterocycles. The number of hydrogen-bond donors (Lipinski definition) is 0. The molecule has 0 N–H and O–H groups in total. The molecule has 0 aliphatic rings. The Hall–Kier alpha value is -3.15. The highest BCUT2D eigenvalue weighted by molar-refractivity contribution is 5.71. The highest BCUT2D eigenvalue weighted by Crippen LogP contribution is 2.14. The Morgan fingerprint density at radius 1 is 0.308 bits per heavy atom. The van der Waals surface area contributed by atoms with Crippen molar-refractivity contribution in [3.8, 4) is 0 Å². The van der Waals surface area contributed by atoms with Gasteiger partial charge < -0.3 is 14.2 Å². The van der Waals surface area contributed by atoms with Crippen molar-refractivity contribution < 1.29 is 28.6 Å². The van der Waals surface area contributed by atoms with Gasteiger partial charge in [0.15, 0.2) is 6.10 Å². The molecule has 65 heavy (non-hydrogen) atoms. The molecule has 1 unspecified atom stereocenters. The van der Waals surface area contributed by atoms with Crippen LogP contribution in [-0.2, 0) is 28.6 Å². The van der Waals surface area contributed by atoms with Gasteiger partial charge in [-0.15, -0.1) is 0 Å². The first-order chi connectivity index (χ1) is 32.0. The summed E-state index contributed by atoms with van der Waals surface area (Å²) < 4.78 is 16.7. The van der Waals surface area contributed by atoms with E-state index in [2.05, 4.69) is 93.7 Å². The van der Waals surface area contributed by atoms with Crippen molar-refractivity contribution in [2.75, 3.05) is 13.2 Å². The molecule has 0 saturated carbocycles. The number of rotatable bonds is 49. The molecular formula is C59H102O6. The Balaban J connectivity index is 4.28. The molecule has 0 aromatic carbocycles. The van der Waals surface area contributed by atoms with Crippen LogP contribution in [0.3, 0.4) is 0 Å². The Bertz CT molecular complexity index is 1230. The molecule has 0 aliphatic carbocycles. The van der Waals surface area contributed by atoms with E-state index >= 15 is 0 Å². The smallest absolute Gasteiger partial charge is 0.306 e. The Labute approximate surface area is 402 Å². The number of hydrogen-bond acceptors (Lipinski definition) is 6. The SMILES string of the molecule is CCCCC/C=C\C/C=C\C/C=C\CCCCCCCCC(=O)OC(COC(=O)CCCCCCCCC)COC(=O)CCCCCCCC/C=C\C/C=C\C/C=C\CCCCCCC. The summed E-state index contributed by atoms with van der Waals surface area (Å²) in [5.74, 6) is -0.914. The molecule has 0 bridgehead atoms. The van der Waals surface area contributed by atoms with Crippen LogP contribution in [0.25, 0.3) is 0 Å². The van der Waals surface area contributed by atoms with E-state index in [1.54, 1.807) is 0 Å². The van der Waals surface area contributed by atoms with Gasteiger partial charge in [-0.25, -0.2) is 0 Å². The molecule has 6 heteroatoms. The van der Waals surface area contributed by atoms with Crippen LogP contribution in [0.2, 0.25) is 0 Å². The predicted octanol–water partition coefficient (Wildman–Crippen LogP) is 18.2. The summed E-state index contributed by atoms with van der Waals surface area (Å²) in [5.41, 5.74) is 0. The van der Waals surface area contributed by atoms with Crippen molar-refractivity contribution in [1.82, 2.24) is 0 Å². The van der Waals surface area contributed by atoms with Gasteiger partial charge in [0.25, 0.3) is 0 Å². The molecule has 0 fully saturated rings. The fraction of sp³-hybridized carbons (Fsp3) is 0.746. The molecule has 0 spiro atoms. The van der Waals surface area contributed by atoms with Gasteiger partial charge in [-0.05, 0) is 96.3 Å². The van der Waals surface area contributed by atoms with E-state index in [9.17, 15) is 14.4 Å². The normalized spacial score (nSPS) is 12.6. The Morgan fingerprint density at radius 2 is 0.554 bits per heavy atom. The second kappa shape index (κ2) is 53.5. The van der Waals surface area contributed by atoms with Crippen LogP contribution in [-0.4, -0.2) is 37.2 Å². The van der Waals surface area contributed by atoms with Gasteiger partial charge in [0.2, 0.25) is 0 Å². The fourth-order valence-corrected chi connectivity index (χ4v) is 7.51. The number of ether oxygens (including phenoxy) is 3. The lowest BCUT2D eigenvalue weighted by Crippen LogP contribution is -2.30. The lowest BCUT2D eigenvalue weighted by molar-refractivity contribution is -0.167. The van der Waals surface area contributed by atoms with E-state index in [1.165, 1.54) is 122 Å². The summed E-state index contributed by atoms with van der Waals surface area (Å²) in [6, 6.07) is 0. The molecule has 0 rings (SSSR count). The number of esters is 3. The zero-order valence-corrected chi connectivity index (χ0v) is 42.7. The van der Waals surface area contributed by atoms with Gasteiger partial charge in [0, 0.05) is 19.3 Å². The van der Waals surface area contributed by atoms with Crippen LogP contribution >= 0.6 is 0 Å². The molecule has 374 valence electrons. The van der Waals surface area contributed by atoms with Crippen LogP contribution in [0.1, 0.15) is 265 Å². The molecule has 0 aliphatic heterocycles. The van der Waals surface area contributed by atoms with Crippen LogP contribution < -0.4 is 0 Å². The number of allylic oxidation sites excluding steroid dienone is 12. The minimum Gasteiger partial charge on any atom is -0.462 e. The summed E-state index contributed by atoms with van der Waals surface area (Å²) in [5, 5.41) is 0. The van der Waals surface area contributed by atoms with Gasteiger partial charge in [0.05, 0.1) is 0 Å². The van der Waals surface area contributed by atoms with E-state index in [4.69, 9.17) is 14.2 Å². The summed E-state index contributed by atoms with van der Waals surface area (Å²) >= 11 is 0. The quantitative estimate of drug-likeness (QED) is 0.0262. The third-order valence-electron chi connectivity index (χ3n) is 11.7. The zero-order chi connectivity index (χ0) is 47.2. The average molecular weight is 907 g/mol. The lowest BCUT2D eigenvalue weighted by atomic mass is 10.1. The van der Waals surface area contributed by atoms with Gasteiger partial charge in [-0.1, -0.05) is 222 Å². The van der Waals surface area contributed by atoms with Crippen molar-refractivity contribution in [3.63, 3.8) is 0 Å². The monoisotopic (exact) mass is 907 g/mol. The van der Waals surface area contributed by atoms with Gasteiger partial charge in [0.1, 0.15) is 13.2 Å². The summed E-state index contributed by atoms with van der Waals surface area (Å²) in [4.78, 5) is 37.9. The topological polar surface area (TPSA) is 78.9 Å². The number of unbranched alkanes of at least 4 members (excludes halogenated alkanes) is 26. The van der Waals surface area contributed by atoms with Crippen LogP contribution in [0.5, 0.6) is 0 Å². The van der Waals surface area contributed by atoms with Gasteiger partial charge in [-0.3, -0.25) is 14.4 Å². The van der Waals surface area contributed by atoms with E-state index in [0.717, 1.165) is 103 Å². The molecule has 1 atom stereocenters. The maximum absolute atomic E-state index is 12.8. The minimum atomic E-state index is -0.785. The molecule has 0 radical (unpaired) electrons. The third kappa shape index (κ3) is 51.7. The Kier molecular flexibility index (Phi) is 50.9. The molecule has 0 heterocycles. The maximum Gasteiger partial charge on any atom is 0.306 e. The molecule has 0 amide bonds. The predicted molar refractivity (Wildman–Crippen MR) is 279 cm³/mol. The van der Waals surface area contributed by atoms with E-state index in [-0.39, 0.29) is 31.1 Å². The zero-order valence-electron chi connectivity index (χ0n) is 42.7. The summed E-state index contributed by atoms with van der Waals surface area (Å²) in [7, 11) is 0. The first-order valence-corrected chi connectivity index (χ1v) is 27.4. The molecule has 0 aromatic rings. The fourth-order valence-electron chi connectivity index (χ4n) is 7.51. The average Bonchev–Trinajstić information content (AvgIpc) is 3.30. The highest BCUT2D eigenvalue weighted by Gasteiger charge is 2.19. The molecule has 0 aromatic heterocycles. The van der Waals surface area contributed by atoms with Crippen molar-refractivity contribution in [1.29, 1.82) is 0 Å². The standard InChI is InChI=1S/C59H102O6/c1-4-7-10-13-16-18-20-22-24-26-28-29-31-32-34-36-38-40-43-46-49-52-58(61)64-55-56(54-63-57(60)51-48-45-42-15-12-9-6-3)65-59(62)53-50-47-44-41-39-37-35-33-30-27-25-23-21-19-17-14-11-8-5-2/h17,19-20,22-23,25-26,28,30-33,56H,4-16,18,21,24,27,29,34-55H2,1-3H3/b19-17-,22-20-,25-23-,28-26-,32-31-,33-30-. The third-order valence-corrected chi connectivity index (χ3v) is 11.7. The number of carbonyl (C=O) groups is 3. The first-order valence-electron chi connectivity index (χ1n) is 27.4. The van der Waals surface area contributed by atoms with Crippen molar-refractivity contribution in [2.24, 2.45) is 0 Å². The van der Waals surface area contributed by atoms with Crippen molar-refractivity contribution >= 4 is 17.9 Å². The number of carbonyl (C=O) groups excluding carboxylic acids is 3. The van der Waals surface area contributed by atoms with Crippen molar-refractivity contribution in [3.05, 3.63) is 72.9 Å². The second-order valence-corrected chi connectivity index (χ2v) is 18.1.